The zero-order valence-electron chi connectivity index (χ0n) is 16.7. The number of ether oxygens (including phenoxy) is 1. The van der Waals surface area contributed by atoms with Crippen molar-refractivity contribution in [3.63, 3.8) is 0 Å². The van der Waals surface area contributed by atoms with E-state index in [1.165, 1.54) is 7.11 Å². The van der Waals surface area contributed by atoms with E-state index in [2.05, 4.69) is 20.6 Å². The number of amides is 1. The highest BCUT2D eigenvalue weighted by Crippen LogP contribution is 2.22. The summed E-state index contributed by atoms with van der Waals surface area (Å²) in [5.41, 5.74) is 3.93. The molecule has 0 fully saturated rings. The smallest absolute Gasteiger partial charge is 0.339 e. The van der Waals surface area contributed by atoms with Gasteiger partial charge in [-0.2, -0.15) is 0 Å². The summed E-state index contributed by atoms with van der Waals surface area (Å²) in [7, 11) is 1.32. The highest BCUT2D eigenvalue weighted by atomic mass is 16.5. The van der Waals surface area contributed by atoms with Crippen molar-refractivity contribution in [1.82, 2.24) is 9.97 Å². The fourth-order valence-corrected chi connectivity index (χ4v) is 2.84. The molecule has 0 radical (unpaired) electrons. The van der Waals surface area contributed by atoms with Crippen LogP contribution in [-0.2, 0) is 4.74 Å². The van der Waals surface area contributed by atoms with E-state index < -0.39 is 5.97 Å². The third-order valence-corrected chi connectivity index (χ3v) is 4.52. The number of anilines is 3. The molecule has 3 rings (SSSR count). The molecule has 0 spiro atoms. The molecule has 7 heteroatoms. The Bertz CT molecular complexity index is 1080. The second-order valence-electron chi connectivity index (χ2n) is 6.55. The predicted molar refractivity (Wildman–Crippen MR) is 112 cm³/mol. The Labute approximate surface area is 169 Å². The summed E-state index contributed by atoms with van der Waals surface area (Å²) >= 11 is 0. The summed E-state index contributed by atoms with van der Waals surface area (Å²) in [6, 6.07) is 14.2. The number of aryl methyl sites for hydroxylation is 2. The first kappa shape index (κ1) is 20.0. The van der Waals surface area contributed by atoms with Crippen LogP contribution in [0.25, 0.3) is 0 Å². The lowest BCUT2D eigenvalue weighted by atomic mass is 10.1. The lowest BCUT2D eigenvalue weighted by Gasteiger charge is -2.13. The number of hydrogen-bond acceptors (Lipinski definition) is 6. The van der Waals surface area contributed by atoms with Crippen LogP contribution in [0.1, 0.15) is 37.8 Å². The van der Waals surface area contributed by atoms with Crippen LogP contribution in [0, 0.1) is 20.8 Å². The molecule has 0 bridgehead atoms. The molecule has 2 aromatic carbocycles. The largest absolute Gasteiger partial charge is 0.465 e. The zero-order chi connectivity index (χ0) is 21.0. The maximum Gasteiger partial charge on any atom is 0.339 e. The van der Waals surface area contributed by atoms with Gasteiger partial charge in [0.15, 0.2) is 0 Å². The lowest BCUT2D eigenvalue weighted by molar-refractivity contribution is 0.0601. The van der Waals surface area contributed by atoms with Crippen LogP contribution in [0.4, 0.5) is 17.2 Å². The summed E-state index contributed by atoms with van der Waals surface area (Å²) in [6.45, 7) is 5.64. The van der Waals surface area contributed by atoms with Gasteiger partial charge in [-0.15, -0.1) is 0 Å². The van der Waals surface area contributed by atoms with Gasteiger partial charge in [0, 0.05) is 11.8 Å². The van der Waals surface area contributed by atoms with E-state index >= 15 is 0 Å². The van der Waals surface area contributed by atoms with Crippen molar-refractivity contribution < 1.29 is 14.3 Å². The van der Waals surface area contributed by atoms with Gasteiger partial charge in [0.1, 0.15) is 17.3 Å². The number of carbonyl (C=O) groups is 2. The van der Waals surface area contributed by atoms with Gasteiger partial charge in [-0.05, 0) is 50.1 Å². The van der Waals surface area contributed by atoms with E-state index in [0.29, 0.717) is 22.9 Å². The number of esters is 1. The first-order valence-electron chi connectivity index (χ1n) is 9.06. The van der Waals surface area contributed by atoms with Gasteiger partial charge >= 0.3 is 5.97 Å². The molecule has 0 atom stereocenters. The molecule has 0 saturated heterocycles. The molecule has 1 heterocycles. The van der Waals surface area contributed by atoms with E-state index in [1.807, 2.05) is 32.0 Å². The molecular weight excluding hydrogens is 368 g/mol. The molecule has 29 heavy (non-hydrogen) atoms. The Morgan fingerprint density at radius 1 is 0.931 bits per heavy atom. The number of rotatable bonds is 5. The Kier molecular flexibility index (Phi) is 5.87. The second-order valence-corrected chi connectivity index (χ2v) is 6.55. The van der Waals surface area contributed by atoms with Crippen molar-refractivity contribution in [3.8, 4) is 0 Å². The van der Waals surface area contributed by atoms with Crippen molar-refractivity contribution in [3.05, 3.63) is 76.7 Å². The molecule has 0 aliphatic rings. The molecular formula is C22H22N4O3. The van der Waals surface area contributed by atoms with Gasteiger partial charge in [0.25, 0.3) is 5.91 Å². The lowest BCUT2D eigenvalue weighted by Crippen LogP contribution is -2.16. The maximum atomic E-state index is 12.8. The van der Waals surface area contributed by atoms with Crippen LogP contribution in [-0.4, -0.2) is 29.0 Å². The van der Waals surface area contributed by atoms with Crippen LogP contribution >= 0.6 is 0 Å². The predicted octanol–water partition coefficient (Wildman–Crippen LogP) is 4.18. The highest BCUT2D eigenvalue weighted by Gasteiger charge is 2.15. The molecule has 148 valence electrons. The minimum atomic E-state index is -0.466. The van der Waals surface area contributed by atoms with E-state index in [-0.39, 0.29) is 11.6 Å². The Balaban J connectivity index is 1.88. The average molecular weight is 390 g/mol. The highest BCUT2D eigenvalue weighted by molar-refractivity contribution is 6.04. The van der Waals surface area contributed by atoms with Crippen molar-refractivity contribution in [2.75, 3.05) is 17.7 Å². The first-order chi connectivity index (χ1) is 13.9. The van der Waals surface area contributed by atoms with Crippen molar-refractivity contribution >= 4 is 29.1 Å². The van der Waals surface area contributed by atoms with E-state index in [9.17, 15) is 9.59 Å². The molecule has 2 N–H and O–H groups in total. The maximum absolute atomic E-state index is 12.8. The summed E-state index contributed by atoms with van der Waals surface area (Å²) in [5, 5.41) is 5.97. The molecule has 1 amide bonds. The van der Waals surface area contributed by atoms with Crippen LogP contribution in [0.5, 0.6) is 0 Å². The van der Waals surface area contributed by atoms with E-state index in [0.717, 1.165) is 16.8 Å². The Morgan fingerprint density at radius 3 is 2.41 bits per heavy atom. The van der Waals surface area contributed by atoms with Gasteiger partial charge in [0.2, 0.25) is 0 Å². The molecule has 0 unspecified atom stereocenters. The number of methoxy groups -OCH3 is 1. The van der Waals surface area contributed by atoms with Crippen LogP contribution in [0.15, 0.2) is 48.5 Å². The third-order valence-electron chi connectivity index (χ3n) is 4.52. The van der Waals surface area contributed by atoms with E-state index in [4.69, 9.17) is 4.74 Å². The third kappa shape index (κ3) is 4.57. The monoisotopic (exact) mass is 390 g/mol. The van der Waals surface area contributed by atoms with Gasteiger partial charge in [-0.25, -0.2) is 14.8 Å². The molecule has 0 aliphatic heterocycles. The number of aromatic nitrogens is 2. The fourth-order valence-electron chi connectivity index (χ4n) is 2.84. The van der Waals surface area contributed by atoms with Gasteiger partial charge in [-0.1, -0.05) is 24.3 Å². The number of hydrogen-bond donors (Lipinski definition) is 2. The molecule has 3 aromatic rings. The quantitative estimate of drug-likeness (QED) is 0.635. The standard InChI is InChI=1S/C22H22N4O3/c1-13-8-7-11-17(14(13)2)26-21(27)19-12-20(24-15(3)23-19)25-18-10-6-5-9-16(18)22(28)29-4/h5-12H,1-4H3,(H,26,27)(H,23,24,25). The summed E-state index contributed by atoms with van der Waals surface area (Å²) in [5.74, 6) is 0.0249. The van der Waals surface area contributed by atoms with Crippen molar-refractivity contribution in [1.29, 1.82) is 0 Å². The summed E-state index contributed by atoms with van der Waals surface area (Å²) in [4.78, 5) is 33.3. The minimum absolute atomic E-state index is 0.219. The van der Waals surface area contributed by atoms with Crippen LogP contribution in [0.3, 0.4) is 0 Å². The number of nitrogens with one attached hydrogen (secondary N) is 2. The zero-order valence-corrected chi connectivity index (χ0v) is 16.7. The fraction of sp³-hybridized carbons (Fsp3) is 0.182. The topological polar surface area (TPSA) is 93.2 Å². The van der Waals surface area contributed by atoms with E-state index in [1.54, 1.807) is 37.3 Å². The first-order valence-corrected chi connectivity index (χ1v) is 9.06. The molecule has 1 aromatic heterocycles. The molecule has 0 aliphatic carbocycles. The second kappa shape index (κ2) is 8.52. The SMILES string of the molecule is COC(=O)c1ccccc1Nc1cc(C(=O)Nc2cccc(C)c2C)nc(C)n1. The minimum Gasteiger partial charge on any atom is -0.465 e. The van der Waals surface area contributed by atoms with Gasteiger partial charge < -0.3 is 15.4 Å². The number of para-hydroxylation sites is 1. The number of benzene rings is 2. The number of nitrogens with zero attached hydrogens (tertiary/aromatic N) is 2. The van der Waals surface area contributed by atoms with Crippen molar-refractivity contribution in [2.24, 2.45) is 0 Å². The van der Waals surface area contributed by atoms with Crippen LogP contribution in [0.2, 0.25) is 0 Å². The van der Waals surface area contributed by atoms with Crippen molar-refractivity contribution in [2.45, 2.75) is 20.8 Å². The van der Waals surface area contributed by atoms with Gasteiger partial charge in [0.05, 0.1) is 18.4 Å². The average Bonchev–Trinajstić information content (AvgIpc) is 2.70. The Hall–Kier alpha value is -3.74. The summed E-state index contributed by atoms with van der Waals surface area (Å²) < 4.78 is 4.81. The van der Waals surface area contributed by atoms with Gasteiger partial charge in [-0.3, -0.25) is 4.79 Å². The van der Waals surface area contributed by atoms with Crippen LogP contribution < -0.4 is 10.6 Å². The molecule has 7 nitrogen and oxygen atoms in total. The molecule has 0 saturated carbocycles. The normalized spacial score (nSPS) is 10.3. The number of carbonyl (C=O) groups excluding carboxylic acids is 2. The Morgan fingerprint density at radius 2 is 1.66 bits per heavy atom. The summed E-state index contributed by atoms with van der Waals surface area (Å²) in [6.07, 6.45) is 0.